The highest BCUT2D eigenvalue weighted by Crippen LogP contribution is 2.33. The van der Waals surface area contributed by atoms with Crippen LogP contribution in [0, 0.1) is 6.92 Å². The van der Waals surface area contributed by atoms with Crippen molar-refractivity contribution in [1.82, 2.24) is 34.6 Å². The molecule has 3 fully saturated rings. The van der Waals surface area contributed by atoms with Crippen molar-refractivity contribution >= 4 is 57.7 Å². The standard InChI is InChI=1S/C40H41N9O7/c1-22-28-20-43-31(44-36(28)48(25-6-3-4-7-25)39(55)34(22)23(2)50)18-24-10-11-26(19-41-24)46-14-16-47(17-15-46)33(52)21-42-29-9-5-8-27-35(29)40(56)49(38(27)54)30-12-13-32(51)45-37(30)53/h5,8-11,19-20,25,30,42H,3-4,6-7,12-18,21H2,1-2H3,(H,45,51,53). The molecule has 4 aromatic rings. The van der Waals surface area contributed by atoms with Crippen molar-refractivity contribution < 1.29 is 28.8 Å². The number of aryl methyl sites for hydroxylation is 1. The van der Waals surface area contributed by atoms with E-state index in [1.165, 1.54) is 13.0 Å². The highest BCUT2D eigenvalue weighted by Gasteiger charge is 2.45. The smallest absolute Gasteiger partial charge is 0.264 e. The van der Waals surface area contributed by atoms with E-state index in [1.807, 2.05) is 12.1 Å². The average molecular weight is 760 g/mol. The minimum atomic E-state index is -1.08. The van der Waals surface area contributed by atoms with Crippen LogP contribution < -0.4 is 21.1 Å². The number of pyridine rings is 2. The van der Waals surface area contributed by atoms with E-state index in [1.54, 1.807) is 40.9 Å². The Labute approximate surface area is 321 Å². The Balaban J connectivity index is 0.886. The van der Waals surface area contributed by atoms with Crippen molar-refractivity contribution in [3.63, 3.8) is 0 Å². The maximum atomic E-state index is 13.6. The molecule has 8 rings (SSSR count). The molecule has 1 atom stereocenters. The molecule has 3 aliphatic heterocycles. The van der Waals surface area contributed by atoms with Gasteiger partial charge in [-0.3, -0.25) is 53.3 Å². The number of ketones is 1. The highest BCUT2D eigenvalue weighted by atomic mass is 16.2. The number of amides is 5. The number of aromatic nitrogens is 4. The Morgan fingerprint density at radius 3 is 2.38 bits per heavy atom. The summed E-state index contributed by atoms with van der Waals surface area (Å²) in [5, 5.41) is 5.93. The zero-order chi connectivity index (χ0) is 39.2. The van der Waals surface area contributed by atoms with E-state index in [-0.39, 0.29) is 59.4 Å². The molecule has 0 bridgehead atoms. The first kappa shape index (κ1) is 36.6. The second kappa shape index (κ2) is 14.7. The van der Waals surface area contributed by atoms with Gasteiger partial charge in [-0.2, -0.15) is 0 Å². The number of hydrogen-bond acceptors (Lipinski definition) is 12. The molecule has 4 aliphatic rings. The molecule has 2 saturated heterocycles. The molecular formula is C40H41N9O7. The lowest BCUT2D eigenvalue weighted by Gasteiger charge is -2.36. The maximum Gasteiger partial charge on any atom is 0.264 e. The number of nitrogens with zero attached hydrogens (tertiary/aromatic N) is 7. The molecule has 0 spiro atoms. The Hall–Kier alpha value is -6.32. The summed E-state index contributed by atoms with van der Waals surface area (Å²) in [7, 11) is 0. The summed E-state index contributed by atoms with van der Waals surface area (Å²) >= 11 is 0. The maximum absolute atomic E-state index is 13.6. The van der Waals surface area contributed by atoms with E-state index < -0.39 is 29.7 Å². The molecule has 6 heterocycles. The van der Waals surface area contributed by atoms with Crippen molar-refractivity contribution in [3.8, 4) is 0 Å². The molecule has 3 aromatic heterocycles. The molecule has 5 amide bonds. The normalized spacial score (nSPS) is 18.8. The average Bonchev–Trinajstić information content (AvgIpc) is 3.80. The number of hydrogen-bond donors (Lipinski definition) is 2. The molecule has 2 N–H and O–H groups in total. The predicted octanol–water partition coefficient (Wildman–Crippen LogP) is 2.57. The summed E-state index contributed by atoms with van der Waals surface area (Å²) in [6.07, 6.45) is 7.72. The molecule has 16 heteroatoms. The Morgan fingerprint density at radius 2 is 1.68 bits per heavy atom. The van der Waals surface area contributed by atoms with Gasteiger partial charge in [-0.05, 0) is 62.9 Å². The molecule has 0 radical (unpaired) electrons. The first-order chi connectivity index (χ1) is 27.0. The Morgan fingerprint density at radius 1 is 0.911 bits per heavy atom. The molecule has 1 unspecified atom stereocenters. The fourth-order valence-electron chi connectivity index (χ4n) is 8.40. The number of benzene rings is 1. The molecule has 1 aromatic carbocycles. The third-order valence-electron chi connectivity index (χ3n) is 11.3. The van der Waals surface area contributed by atoms with Crippen LogP contribution in [0.3, 0.4) is 0 Å². The SMILES string of the molecule is CC(=O)c1c(C)c2cnc(Cc3ccc(N4CCN(C(=O)CNc5cccc6c5C(=O)N(C5CCC(=O)NC5=O)C6=O)CC4)cn3)nc2n(C2CCCC2)c1=O. The van der Waals surface area contributed by atoms with Crippen molar-refractivity contribution in [2.75, 3.05) is 42.9 Å². The summed E-state index contributed by atoms with van der Waals surface area (Å²) in [6, 6.07) is 7.56. The van der Waals surface area contributed by atoms with Gasteiger partial charge in [0.2, 0.25) is 17.7 Å². The number of Topliss-reactive ketones (excluding diaryl/α,β-unsaturated/α-hetero) is 1. The van der Waals surface area contributed by atoms with Crippen LogP contribution in [0.5, 0.6) is 0 Å². The summed E-state index contributed by atoms with van der Waals surface area (Å²) in [6.45, 7) is 5.19. The van der Waals surface area contributed by atoms with Gasteiger partial charge in [0.15, 0.2) is 5.78 Å². The van der Waals surface area contributed by atoms with Gasteiger partial charge in [-0.1, -0.05) is 18.9 Å². The lowest BCUT2D eigenvalue weighted by atomic mass is 10.0. The second-order valence-corrected chi connectivity index (χ2v) is 14.8. The zero-order valence-corrected chi connectivity index (χ0v) is 31.2. The lowest BCUT2D eigenvalue weighted by molar-refractivity contribution is -0.136. The zero-order valence-electron chi connectivity index (χ0n) is 31.2. The number of carbonyl (C=O) groups excluding carboxylic acids is 6. The topological polar surface area (TPSA) is 197 Å². The molecule has 1 saturated carbocycles. The highest BCUT2D eigenvalue weighted by molar-refractivity contribution is 6.25. The van der Waals surface area contributed by atoms with E-state index in [4.69, 9.17) is 4.98 Å². The third kappa shape index (κ3) is 6.58. The van der Waals surface area contributed by atoms with Gasteiger partial charge in [0.1, 0.15) is 17.5 Å². The van der Waals surface area contributed by atoms with Crippen LogP contribution in [-0.2, 0) is 20.8 Å². The van der Waals surface area contributed by atoms with Gasteiger partial charge >= 0.3 is 0 Å². The Bertz CT molecular complexity index is 2380. The number of rotatable bonds is 9. The lowest BCUT2D eigenvalue weighted by Crippen LogP contribution is -2.54. The second-order valence-electron chi connectivity index (χ2n) is 14.8. The van der Waals surface area contributed by atoms with E-state index in [0.717, 1.165) is 42.0 Å². The fourth-order valence-corrected chi connectivity index (χ4v) is 8.40. The van der Waals surface area contributed by atoms with Gasteiger partial charge < -0.3 is 15.1 Å². The summed E-state index contributed by atoms with van der Waals surface area (Å²) in [5.41, 5.74) is 3.31. The van der Waals surface area contributed by atoms with E-state index >= 15 is 0 Å². The first-order valence-corrected chi connectivity index (χ1v) is 19.0. The van der Waals surface area contributed by atoms with Crippen LogP contribution in [0.1, 0.15) is 99.6 Å². The van der Waals surface area contributed by atoms with E-state index in [0.29, 0.717) is 60.7 Å². The van der Waals surface area contributed by atoms with Crippen molar-refractivity contribution in [1.29, 1.82) is 0 Å². The van der Waals surface area contributed by atoms with E-state index in [9.17, 15) is 33.6 Å². The van der Waals surface area contributed by atoms with Crippen LogP contribution >= 0.6 is 0 Å². The molecule has 288 valence electrons. The number of piperazine rings is 1. The van der Waals surface area contributed by atoms with Gasteiger partial charge in [0, 0.05) is 61.6 Å². The van der Waals surface area contributed by atoms with Crippen LogP contribution in [0.4, 0.5) is 11.4 Å². The summed E-state index contributed by atoms with van der Waals surface area (Å²) in [4.78, 5) is 109. The minimum Gasteiger partial charge on any atom is -0.375 e. The van der Waals surface area contributed by atoms with Crippen molar-refractivity contribution in [3.05, 3.63) is 86.9 Å². The minimum absolute atomic E-state index is 0.00186. The van der Waals surface area contributed by atoms with Gasteiger partial charge in [-0.15, -0.1) is 0 Å². The molecular weight excluding hydrogens is 718 g/mol. The van der Waals surface area contributed by atoms with Crippen LogP contribution in [-0.4, -0.2) is 103 Å². The van der Waals surface area contributed by atoms with Gasteiger partial charge in [0.25, 0.3) is 17.4 Å². The van der Waals surface area contributed by atoms with E-state index in [2.05, 4.69) is 25.5 Å². The number of imide groups is 2. The van der Waals surface area contributed by atoms with Crippen LogP contribution in [0.15, 0.2) is 47.5 Å². The van der Waals surface area contributed by atoms with Crippen LogP contribution in [0.2, 0.25) is 0 Å². The number of carbonyl (C=O) groups is 6. The number of nitrogens with one attached hydrogen (secondary N) is 2. The summed E-state index contributed by atoms with van der Waals surface area (Å²) < 4.78 is 1.71. The van der Waals surface area contributed by atoms with Crippen molar-refractivity contribution in [2.45, 2.75) is 70.9 Å². The fraction of sp³-hybridized carbons (Fsp3) is 0.400. The van der Waals surface area contributed by atoms with Gasteiger partial charge in [-0.25, -0.2) is 9.97 Å². The van der Waals surface area contributed by atoms with Gasteiger partial charge in [0.05, 0.1) is 41.5 Å². The van der Waals surface area contributed by atoms with Crippen molar-refractivity contribution in [2.24, 2.45) is 0 Å². The largest absolute Gasteiger partial charge is 0.375 e. The van der Waals surface area contributed by atoms with Crippen LogP contribution in [0.25, 0.3) is 11.0 Å². The third-order valence-corrected chi connectivity index (χ3v) is 11.3. The quantitative estimate of drug-likeness (QED) is 0.187. The number of piperidine rings is 1. The molecule has 1 aliphatic carbocycles. The number of fused-ring (bicyclic) bond motifs is 2. The predicted molar refractivity (Wildman–Crippen MR) is 203 cm³/mol. The monoisotopic (exact) mass is 759 g/mol. The summed E-state index contributed by atoms with van der Waals surface area (Å²) in [5.74, 6) is -2.28. The Kier molecular flexibility index (Phi) is 9.64. The number of anilines is 2. The molecule has 56 heavy (non-hydrogen) atoms. The first-order valence-electron chi connectivity index (χ1n) is 19.0. The molecule has 16 nitrogen and oxygen atoms in total.